The molecule has 1 aromatic rings. The van der Waals surface area contributed by atoms with E-state index in [0.717, 1.165) is 26.2 Å². The van der Waals surface area contributed by atoms with E-state index in [2.05, 4.69) is 10.2 Å². The van der Waals surface area contributed by atoms with Gasteiger partial charge in [-0.15, -0.1) is 0 Å². The number of piperazine rings is 1. The molecule has 2 N–H and O–H groups in total. The second-order valence-electron chi connectivity index (χ2n) is 6.33. The molecule has 1 aliphatic heterocycles. The van der Waals surface area contributed by atoms with Gasteiger partial charge in [0.15, 0.2) is 11.5 Å². The highest BCUT2D eigenvalue weighted by atomic mass is 35.5. The summed E-state index contributed by atoms with van der Waals surface area (Å²) < 4.78 is 5.30. The van der Waals surface area contributed by atoms with Gasteiger partial charge in [-0.05, 0) is 36.5 Å². The molecule has 0 unspecified atom stereocenters. The van der Waals surface area contributed by atoms with E-state index >= 15 is 0 Å². The molecular formula is C17H25ClN2O2. The Labute approximate surface area is 137 Å². The molecule has 0 bridgehead atoms. The molecule has 22 heavy (non-hydrogen) atoms. The smallest absolute Gasteiger partial charge is 0.176 e. The number of rotatable bonds is 4. The van der Waals surface area contributed by atoms with E-state index in [0.29, 0.717) is 22.7 Å². The molecule has 0 radical (unpaired) electrons. The molecule has 0 spiro atoms. The van der Waals surface area contributed by atoms with Gasteiger partial charge < -0.3 is 15.2 Å². The van der Waals surface area contributed by atoms with Crippen LogP contribution < -0.4 is 10.1 Å². The van der Waals surface area contributed by atoms with E-state index in [9.17, 15) is 5.11 Å². The molecule has 1 heterocycles. The lowest BCUT2D eigenvalue weighted by Crippen LogP contribution is -2.46. The zero-order chi connectivity index (χ0) is 15.5. The molecule has 0 aromatic heterocycles. The van der Waals surface area contributed by atoms with Crippen LogP contribution in [0.2, 0.25) is 5.02 Å². The number of phenols is 1. The van der Waals surface area contributed by atoms with Crippen LogP contribution in [0.4, 0.5) is 0 Å². The number of nitrogens with zero attached hydrogens (tertiary/aromatic N) is 1. The molecule has 122 valence electrons. The third kappa shape index (κ3) is 3.19. The van der Waals surface area contributed by atoms with Crippen LogP contribution in [0.3, 0.4) is 0 Å². The van der Waals surface area contributed by atoms with Gasteiger partial charge in [0, 0.05) is 32.2 Å². The number of aromatic hydroxyl groups is 1. The minimum absolute atomic E-state index is 0.0402. The summed E-state index contributed by atoms with van der Waals surface area (Å²) >= 11 is 6.23. The summed E-state index contributed by atoms with van der Waals surface area (Å²) in [5, 5.41) is 13.8. The summed E-state index contributed by atoms with van der Waals surface area (Å²) in [6, 6.07) is 4.26. The number of benzene rings is 1. The average molecular weight is 325 g/mol. The Kier molecular flexibility index (Phi) is 5.11. The Bertz CT molecular complexity index is 512. The van der Waals surface area contributed by atoms with Gasteiger partial charge in [-0.2, -0.15) is 0 Å². The number of nitrogens with one attached hydrogen (secondary N) is 1. The van der Waals surface area contributed by atoms with Crippen molar-refractivity contribution in [1.29, 1.82) is 0 Å². The lowest BCUT2D eigenvalue weighted by atomic mass is 9.89. The molecule has 2 aliphatic rings. The highest BCUT2D eigenvalue weighted by molar-refractivity contribution is 6.32. The molecule has 1 aliphatic carbocycles. The summed E-state index contributed by atoms with van der Waals surface area (Å²) in [5.74, 6) is 1.18. The fourth-order valence-electron chi connectivity index (χ4n) is 3.93. The minimum Gasteiger partial charge on any atom is -0.503 e. The third-order valence-electron chi connectivity index (χ3n) is 5.00. The molecule has 1 aromatic carbocycles. The van der Waals surface area contributed by atoms with Crippen molar-refractivity contribution in [2.45, 2.75) is 31.7 Å². The first kappa shape index (κ1) is 15.9. The summed E-state index contributed by atoms with van der Waals surface area (Å²) in [5.41, 5.74) is 1.17. The van der Waals surface area contributed by atoms with E-state index in [1.807, 2.05) is 12.1 Å². The van der Waals surface area contributed by atoms with Crippen LogP contribution in [0.5, 0.6) is 11.5 Å². The molecule has 1 atom stereocenters. The van der Waals surface area contributed by atoms with Crippen molar-refractivity contribution in [3.8, 4) is 11.5 Å². The first-order chi connectivity index (χ1) is 10.7. The van der Waals surface area contributed by atoms with Crippen LogP contribution in [0, 0.1) is 5.92 Å². The SMILES string of the molecule is COc1cc([C@H](C2CCCC2)N2CCNCC2)cc(Cl)c1O. The van der Waals surface area contributed by atoms with Crippen LogP contribution in [-0.4, -0.2) is 43.3 Å². The van der Waals surface area contributed by atoms with Crippen LogP contribution in [0.25, 0.3) is 0 Å². The van der Waals surface area contributed by atoms with E-state index < -0.39 is 0 Å². The molecule has 1 saturated carbocycles. The van der Waals surface area contributed by atoms with Crippen LogP contribution in [0.1, 0.15) is 37.3 Å². The third-order valence-corrected chi connectivity index (χ3v) is 5.29. The van der Waals surface area contributed by atoms with Gasteiger partial charge in [-0.1, -0.05) is 24.4 Å². The Balaban J connectivity index is 1.95. The van der Waals surface area contributed by atoms with Crippen molar-refractivity contribution in [3.63, 3.8) is 0 Å². The fourth-order valence-corrected chi connectivity index (χ4v) is 4.15. The maximum absolute atomic E-state index is 10.00. The first-order valence-corrected chi connectivity index (χ1v) is 8.59. The second-order valence-corrected chi connectivity index (χ2v) is 6.74. The number of hydrogen-bond acceptors (Lipinski definition) is 4. The molecule has 4 nitrogen and oxygen atoms in total. The largest absolute Gasteiger partial charge is 0.503 e. The number of halogens is 1. The maximum atomic E-state index is 10.00. The highest BCUT2D eigenvalue weighted by Crippen LogP contribution is 2.44. The number of hydrogen-bond donors (Lipinski definition) is 2. The summed E-state index contributed by atoms with van der Waals surface area (Å²) in [6.07, 6.45) is 5.18. The summed E-state index contributed by atoms with van der Waals surface area (Å²) in [6.45, 7) is 4.18. The van der Waals surface area contributed by atoms with Crippen molar-refractivity contribution < 1.29 is 9.84 Å². The predicted octanol–water partition coefficient (Wildman–Crippen LogP) is 3.19. The Morgan fingerprint density at radius 2 is 1.95 bits per heavy atom. The van der Waals surface area contributed by atoms with Crippen molar-refractivity contribution in [1.82, 2.24) is 10.2 Å². The zero-order valence-corrected chi connectivity index (χ0v) is 13.9. The first-order valence-electron chi connectivity index (χ1n) is 8.22. The standard InChI is InChI=1S/C17H25ClN2O2/c1-22-15-11-13(10-14(18)17(15)21)16(12-4-2-3-5-12)20-8-6-19-7-9-20/h10-12,16,19,21H,2-9H2,1H3/t16-/m0/s1. The van der Waals surface area contributed by atoms with E-state index in [1.165, 1.54) is 31.2 Å². The molecule has 0 amide bonds. The lowest BCUT2D eigenvalue weighted by molar-refractivity contribution is 0.125. The monoisotopic (exact) mass is 324 g/mol. The van der Waals surface area contributed by atoms with E-state index in [4.69, 9.17) is 16.3 Å². The Hall–Kier alpha value is -0.970. The van der Waals surface area contributed by atoms with E-state index in [1.54, 1.807) is 7.11 Å². The number of methoxy groups -OCH3 is 1. The van der Waals surface area contributed by atoms with Gasteiger partial charge in [-0.3, -0.25) is 4.90 Å². The van der Waals surface area contributed by atoms with Gasteiger partial charge in [0.2, 0.25) is 0 Å². The topological polar surface area (TPSA) is 44.7 Å². The fraction of sp³-hybridized carbons (Fsp3) is 0.647. The van der Waals surface area contributed by atoms with Gasteiger partial charge in [-0.25, -0.2) is 0 Å². The molecular weight excluding hydrogens is 300 g/mol. The van der Waals surface area contributed by atoms with Gasteiger partial charge in [0.25, 0.3) is 0 Å². The van der Waals surface area contributed by atoms with Crippen molar-refractivity contribution in [2.75, 3.05) is 33.3 Å². The van der Waals surface area contributed by atoms with Gasteiger partial charge in [0.1, 0.15) is 0 Å². The van der Waals surface area contributed by atoms with Crippen LogP contribution in [-0.2, 0) is 0 Å². The van der Waals surface area contributed by atoms with Gasteiger partial charge in [0.05, 0.1) is 12.1 Å². The van der Waals surface area contributed by atoms with Crippen LogP contribution >= 0.6 is 11.6 Å². The molecule has 3 rings (SSSR count). The van der Waals surface area contributed by atoms with Gasteiger partial charge >= 0.3 is 0 Å². The van der Waals surface area contributed by atoms with Crippen molar-refractivity contribution in [2.24, 2.45) is 5.92 Å². The van der Waals surface area contributed by atoms with E-state index in [-0.39, 0.29) is 5.75 Å². The normalized spacial score (nSPS) is 21.9. The number of ether oxygens (including phenoxy) is 1. The molecule has 1 saturated heterocycles. The Morgan fingerprint density at radius 1 is 1.27 bits per heavy atom. The van der Waals surface area contributed by atoms with Crippen LogP contribution in [0.15, 0.2) is 12.1 Å². The molecule has 5 heteroatoms. The summed E-state index contributed by atoms with van der Waals surface area (Å²) in [7, 11) is 1.57. The average Bonchev–Trinajstić information content (AvgIpc) is 3.06. The Morgan fingerprint density at radius 3 is 2.59 bits per heavy atom. The quantitative estimate of drug-likeness (QED) is 0.893. The second kappa shape index (κ2) is 7.07. The lowest BCUT2D eigenvalue weighted by Gasteiger charge is -2.39. The van der Waals surface area contributed by atoms with Crippen molar-refractivity contribution in [3.05, 3.63) is 22.7 Å². The summed E-state index contributed by atoms with van der Waals surface area (Å²) in [4.78, 5) is 2.56. The zero-order valence-electron chi connectivity index (χ0n) is 13.1. The van der Waals surface area contributed by atoms with Crippen molar-refractivity contribution >= 4 is 11.6 Å². The number of phenolic OH excluding ortho intramolecular Hbond substituents is 1. The highest BCUT2D eigenvalue weighted by Gasteiger charge is 2.32. The predicted molar refractivity (Wildman–Crippen MR) is 88.8 cm³/mol. The maximum Gasteiger partial charge on any atom is 0.176 e. The minimum atomic E-state index is 0.0402. The molecule has 2 fully saturated rings.